The predicted octanol–water partition coefficient (Wildman–Crippen LogP) is 1.27. The molecule has 90 valence electrons. The van der Waals surface area contributed by atoms with E-state index in [-0.39, 0.29) is 17.0 Å². The lowest BCUT2D eigenvalue weighted by Gasteiger charge is -2.10. The average Bonchev–Trinajstić information content (AvgIpc) is 2.38. The molecule has 1 amide bonds. The van der Waals surface area contributed by atoms with Gasteiger partial charge < -0.3 is 11.1 Å². The zero-order valence-electron chi connectivity index (χ0n) is 9.68. The summed E-state index contributed by atoms with van der Waals surface area (Å²) in [6.45, 7) is 3.50. The molecule has 0 saturated carbocycles. The summed E-state index contributed by atoms with van der Waals surface area (Å²) >= 11 is 0. The van der Waals surface area contributed by atoms with E-state index in [0.29, 0.717) is 12.1 Å². The van der Waals surface area contributed by atoms with Crippen LogP contribution in [-0.4, -0.2) is 11.9 Å². The second-order valence-electron chi connectivity index (χ2n) is 3.60. The number of hydrogen-bond donors (Lipinski definition) is 2. The van der Waals surface area contributed by atoms with Gasteiger partial charge in [0.05, 0.1) is 17.2 Å². The van der Waals surface area contributed by atoms with Gasteiger partial charge in [-0.1, -0.05) is 6.08 Å². The molecule has 3 N–H and O–H groups in total. The molecule has 0 saturated heterocycles. The third-order valence-electron chi connectivity index (χ3n) is 2.29. The summed E-state index contributed by atoms with van der Waals surface area (Å²) in [6, 6.07) is 7.59. The topological polar surface area (TPSA) is 103 Å². The van der Waals surface area contributed by atoms with Gasteiger partial charge in [-0.25, -0.2) is 0 Å². The molecular weight excluding hydrogens is 228 g/mol. The number of anilines is 1. The van der Waals surface area contributed by atoms with Crippen LogP contribution in [-0.2, 0) is 4.79 Å². The minimum Gasteiger partial charge on any atom is -0.325 e. The standard InChI is InChI=1S/C13H12N4O/c1-2-3-12(16)13(18)17-11-5-4-9(7-14)10(6-11)8-15/h2,4-6,12H,1,3,16H2,(H,17,18). The molecule has 0 aliphatic rings. The van der Waals surface area contributed by atoms with E-state index in [1.807, 2.05) is 12.1 Å². The number of nitrogens with one attached hydrogen (secondary N) is 1. The van der Waals surface area contributed by atoms with Crippen LogP contribution in [0.4, 0.5) is 5.69 Å². The summed E-state index contributed by atoms with van der Waals surface area (Å²) in [5, 5.41) is 20.2. The van der Waals surface area contributed by atoms with Crippen molar-refractivity contribution in [2.24, 2.45) is 5.73 Å². The molecule has 0 radical (unpaired) electrons. The van der Waals surface area contributed by atoms with E-state index >= 15 is 0 Å². The quantitative estimate of drug-likeness (QED) is 0.773. The Bertz CT molecular complexity index is 551. The van der Waals surface area contributed by atoms with Gasteiger partial charge in [0.2, 0.25) is 5.91 Å². The van der Waals surface area contributed by atoms with Crippen molar-refractivity contribution in [2.75, 3.05) is 5.32 Å². The summed E-state index contributed by atoms with van der Waals surface area (Å²) < 4.78 is 0. The van der Waals surface area contributed by atoms with Crippen molar-refractivity contribution in [1.82, 2.24) is 0 Å². The van der Waals surface area contributed by atoms with Gasteiger partial charge in [-0.2, -0.15) is 10.5 Å². The zero-order valence-corrected chi connectivity index (χ0v) is 9.68. The second kappa shape index (κ2) is 6.19. The number of amides is 1. The molecule has 1 rings (SSSR count). The number of hydrogen-bond acceptors (Lipinski definition) is 4. The molecule has 5 nitrogen and oxygen atoms in total. The van der Waals surface area contributed by atoms with Crippen LogP contribution in [0, 0.1) is 22.7 Å². The molecule has 1 aromatic rings. The largest absolute Gasteiger partial charge is 0.325 e. The van der Waals surface area contributed by atoms with E-state index in [0.717, 1.165) is 0 Å². The van der Waals surface area contributed by atoms with Crippen molar-refractivity contribution in [3.63, 3.8) is 0 Å². The highest BCUT2D eigenvalue weighted by Crippen LogP contribution is 2.14. The third kappa shape index (κ3) is 3.18. The number of rotatable bonds is 4. The maximum atomic E-state index is 11.6. The number of nitrogens with zero attached hydrogens (tertiary/aromatic N) is 2. The molecule has 0 aliphatic carbocycles. The Morgan fingerprint density at radius 2 is 2.11 bits per heavy atom. The number of carbonyl (C=O) groups is 1. The van der Waals surface area contributed by atoms with Crippen LogP contribution in [0.1, 0.15) is 17.5 Å². The Morgan fingerprint density at radius 3 is 2.67 bits per heavy atom. The molecule has 1 unspecified atom stereocenters. The first-order valence-corrected chi connectivity index (χ1v) is 5.24. The molecule has 18 heavy (non-hydrogen) atoms. The molecule has 0 spiro atoms. The van der Waals surface area contributed by atoms with Crippen LogP contribution < -0.4 is 11.1 Å². The van der Waals surface area contributed by atoms with Crippen LogP contribution in [0.3, 0.4) is 0 Å². The van der Waals surface area contributed by atoms with E-state index in [4.69, 9.17) is 16.3 Å². The maximum Gasteiger partial charge on any atom is 0.241 e. The van der Waals surface area contributed by atoms with Gasteiger partial charge in [0, 0.05) is 5.69 Å². The van der Waals surface area contributed by atoms with E-state index in [1.165, 1.54) is 12.1 Å². The lowest BCUT2D eigenvalue weighted by atomic mass is 10.1. The molecule has 1 atom stereocenters. The van der Waals surface area contributed by atoms with Crippen molar-refractivity contribution < 1.29 is 4.79 Å². The Kier molecular flexibility index (Phi) is 4.62. The lowest BCUT2D eigenvalue weighted by molar-refractivity contribution is -0.117. The molecule has 0 heterocycles. The van der Waals surface area contributed by atoms with Gasteiger partial charge in [0.15, 0.2) is 0 Å². The molecule has 1 aromatic carbocycles. The van der Waals surface area contributed by atoms with Crippen molar-refractivity contribution in [1.29, 1.82) is 10.5 Å². The average molecular weight is 240 g/mol. The molecule has 0 fully saturated rings. The van der Waals surface area contributed by atoms with Crippen LogP contribution in [0.25, 0.3) is 0 Å². The number of benzene rings is 1. The summed E-state index contributed by atoms with van der Waals surface area (Å²) in [6.07, 6.45) is 1.93. The number of nitrogens with two attached hydrogens (primary N) is 1. The van der Waals surface area contributed by atoms with Crippen molar-refractivity contribution >= 4 is 11.6 Å². The fourth-order valence-corrected chi connectivity index (χ4v) is 1.33. The summed E-state index contributed by atoms with van der Waals surface area (Å²) in [7, 11) is 0. The minimum absolute atomic E-state index is 0.215. The Labute approximate surface area is 105 Å². The third-order valence-corrected chi connectivity index (χ3v) is 2.29. The molecule has 0 aromatic heterocycles. The van der Waals surface area contributed by atoms with Crippen LogP contribution in [0.15, 0.2) is 30.9 Å². The van der Waals surface area contributed by atoms with E-state index in [9.17, 15) is 4.79 Å². The van der Waals surface area contributed by atoms with Gasteiger partial charge in [0.25, 0.3) is 0 Å². The fourth-order valence-electron chi connectivity index (χ4n) is 1.33. The first-order valence-electron chi connectivity index (χ1n) is 5.24. The highest BCUT2D eigenvalue weighted by molar-refractivity contribution is 5.95. The van der Waals surface area contributed by atoms with Crippen molar-refractivity contribution in [3.8, 4) is 12.1 Å². The van der Waals surface area contributed by atoms with Crippen LogP contribution in [0.2, 0.25) is 0 Å². The van der Waals surface area contributed by atoms with Crippen LogP contribution in [0.5, 0.6) is 0 Å². The Balaban J connectivity index is 2.87. The van der Waals surface area contributed by atoms with Gasteiger partial charge in [0.1, 0.15) is 12.1 Å². The number of nitriles is 2. The highest BCUT2D eigenvalue weighted by Gasteiger charge is 2.12. The van der Waals surface area contributed by atoms with E-state index in [2.05, 4.69) is 11.9 Å². The SMILES string of the molecule is C=CCC(N)C(=O)Nc1ccc(C#N)c(C#N)c1. The second-order valence-corrected chi connectivity index (χ2v) is 3.60. The first-order chi connectivity index (χ1) is 8.62. The summed E-state index contributed by atoms with van der Waals surface area (Å²) in [5.74, 6) is -0.358. The Hall–Kier alpha value is -2.63. The molecular formula is C13H12N4O. The van der Waals surface area contributed by atoms with Crippen LogP contribution >= 0.6 is 0 Å². The fraction of sp³-hybridized carbons (Fsp3) is 0.154. The first kappa shape index (κ1) is 13.4. The maximum absolute atomic E-state index is 11.6. The van der Waals surface area contributed by atoms with Gasteiger partial charge in [-0.3, -0.25) is 4.79 Å². The van der Waals surface area contributed by atoms with Gasteiger partial charge in [-0.15, -0.1) is 6.58 Å². The highest BCUT2D eigenvalue weighted by atomic mass is 16.2. The summed E-state index contributed by atoms with van der Waals surface area (Å²) in [5.41, 5.74) is 6.53. The minimum atomic E-state index is -0.677. The lowest BCUT2D eigenvalue weighted by Crippen LogP contribution is -2.35. The Morgan fingerprint density at radius 1 is 1.44 bits per heavy atom. The monoisotopic (exact) mass is 240 g/mol. The summed E-state index contributed by atoms with van der Waals surface area (Å²) in [4.78, 5) is 11.6. The molecule has 5 heteroatoms. The van der Waals surface area contributed by atoms with E-state index < -0.39 is 6.04 Å². The molecule has 0 aliphatic heterocycles. The van der Waals surface area contributed by atoms with Crippen molar-refractivity contribution in [2.45, 2.75) is 12.5 Å². The van der Waals surface area contributed by atoms with E-state index in [1.54, 1.807) is 12.1 Å². The zero-order chi connectivity index (χ0) is 13.5. The van der Waals surface area contributed by atoms with Gasteiger partial charge in [-0.05, 0) is 24.6 Å². The normalized spacial score (nSPS) is 10.8. The smallest absolute Gasteiger partial charge is 0.241 e. The number of carbonyl (C=O) groups excluding carboxylic acids is 1. The molecule has 0 bridgehead atoms. The van der Waals surface area contributed by atoms with Crippen molar-refractivity contribution in [3.05, 3.63) is 42.0 Å². The van der Waals surface area contributed by atoms with Gasteiger partial charge >= 0.3 is 0 Å². The predicted molar refractivity (Wildman–Crippen MR) is 67.3 cm³/mol.